The van der Waals surface area contributed by atoms with Crippen LogP contribution in [0.3, 0.4) is 0 Å². The van der Waals surface area contributed by atoms with E-state index >= 15 is 0 Å². The second kappa shape index (κ2) is 8.90. The number of nitrogens with zero attached hydrogens (tertiary/aromatic N) is 3. The van der Waals surface area contributed by atoms with Gasteiger partial charge in [0, 0.05) is 11.3 Å². The van der Waals surface area contributed by atoms with Gasteiger partial charge < -0.3 is 9.84 Å². The van der Waals surface area contributed by atoms with E-state index in [1.807, 2.05) is 30.3 Å². The van der Waals surface area contributed by atoms with E-state index in [1.54, 1.807) is 36.1 Å². The summed E-state index contributed by atoms with van der Waals surface area (Å²) in [6.45, 7) is 2.04. The molecule has 1 aliphatic heterocycles. The van der Waals surface area contributed by atoms with Crippen molar-refractivity contribution in [2.75, 3.05) is 0 Å². The van der Waals surface area contributed by atoms with Crippen LogP contribution in [0.1, 0.15) is 30.0 Å². The molecule has 2 amide bonds. The molecule has 8 heteroatoms. The molecular formula is C26H20F2N4O2. The fourth-order valence-corrected chi connectivity index (χ4v) is 3.99. The van der Waals surface area contributed by atoms with Gasteiger partial charge in [0.15, 0.2) is 0 Å². The van der Waals surface area contributed by atoms with E-state index < -0.39 is 11.9 Å². The highest BCUT2D eigenvalue weighted by Gasteiger charge is 2.35. The topological polar surface area (TPSA) is 71.3 Å². The molecule has 4 aromatic rings. The lowest BCUT2D eigenvalue weighted by Crippen LogP contribution is -2.45. The van der Waals surface area contributed by atoms with Crippen LogP contribution in [0.15, 0.2) is 89.1 Å². The number of carbonyl (C=O) groups excluding carboxylic acids is 1. The van der Waals surface area contributed by atoms with Gasteiger partial charge in [-0.1, -0.05) is 59.8 Å². The Labute approximate surface area is 194 Å². The molecule has 34 heavy (non-hydrogen) atoms. The molecule has 1 N–H and O–H groups in total. The minimum absolute atomic E-state index is 0.217. The highest BCUT2D eigenvalue weighted by molar-refractivity contribution is 5.86. The van der Waals surface area contributed by atoms with Crippen LogP contribution in [0, 0.1) is 11.6 Å². The molecule has 1 unspecified atom stereocenters. The number of rotatable bonds is 5. The van der Waals surface area contributed by atoms with E-state index in [2.05, 4.69) is 15.5 Å². The fraction of sp³-hybridized carbons (Fsp3) is 0.115. The van der Waals surface area contributed by atoms with E-state index in [0.29, 0.717) is 16.8 Å². The van der Waals surface area contributed by atoms with Crippen molar-refractivity contribution in [1.29, 1.82) is 0 Å². The lowest BCUT2D eigenvalue weighted by atomic mass is 9.94. The van der Waals surface area contributed by atoms with E-state index in [0.717, 1.165) is 11.1 Å². The number of amides is 2. The van der Waals surface area contributed by atoms with Crippen LogP contribution in [0.4, 0.5) is 13.6 Å². The Morgan fingerprint density at radius 3 is 2.47 bits per heavy atom. The highest BCUT2D eigenvalue weighted by Crippen LogP contribution is 2.37. The minimum atomic E-state index is -0.529. The number of urea groups is 1. The summed E-state index contributed by atoms with van der Waals surface area (Å²) in [4.78, 5) is 19.2. The predicted molar refractivity (Wildman–Crippen MR) is 122 cm³/mol. The number of hydrogen-bond donors (Lipinski definition) is 1. The molecule has 0 fully saturated rings. The van der Waals surface area contributed by atoms with Crippen molar-refractivity contribution in [3.63, 3.8) is 0 Å². The molecular weight excluding hydrogens is 438 g/mol. The number of aromatic nitrogens is 2. The van der Waals surface area contributed by atoms with Crippen LogP contribution in [0.5, 0.6) is 0 Å². The number of halogens is 2. The standard InChI is InChI=1S/C26H20F2N4O2/c1-16-22(25-30-24(31-34-25)19-8-5-9-21(28)14-19)23(18-6-3-2-4-7-18)29-26(33)32(16)15-17-10-12-20(27)13-11-17/h2-14,23H,15H2,1H3,(H,29,33). The van der Waals surface area contributed by atoms with Gasteiger partial charge in [-0.15, -0.1) is 0 Å². The maximum Gasteiger partial charge on any atom is 0.322 e. The molecule has 0 saturated heterocycles. The molecule has 0 bridgehead atoms. The molecule has 170 valence electrons. The number of allylic oxidation sites excluding steroid dienone is 1. The molecule has 0 saturated carbocycles. The Hall–Kier alpha value is -4.33. The number of benzene rings is 3. The average molecular weight is 458 g/mol. The van der Waals surface area contributed by atoms with Crippen molar-refractivity contribution >= 4 is 11.6 Å². The third-order valence-electron chi connectivity index (χ3n) is 5.72. The first-order valence-corrected chi connectivity index (χ1v) is 10.7. The van der Waals surface area contributed by atoms with Crippen molar-refractivity contribution < 1.29 is 18.1 Å². The molecule has 3 aromatic carbocycles. The van der Waals surface area contributed by atoms with Crippen LogP contribution in [0.25, 0.3) is 17.0 Å². The van der Waals surface area contributed by atoms with Gasteiger partial charge in [-0.25, -0.2) is 13.6 Å². The summed E-state index contributed by atoms with van der Waals surface area (Å²) in [5.41, 5.74) is 3.34. The van der Waals surface area contributed by atoms with E-state index in [-0.39, 0.29) is 30.1 Å². The summed E-state index contributed by atoms with van der Waals surface area (Å²) in [6, 6.07) is 20.5. The summed E-state index contributed by atoms with van der Waals surface area (Å²) in [7, 11) is 0. The van der Waals surface area contributed by atoms with Gasteiger partial charge in [0.1, 0.15) is 11.6 Å². The second-order valence-electron chi connectivity index (χ2n) is 7.94. The monoisotopic (exact) mass is 458 g/mol. The van der Waals surface area contributed by atoms with Gasteiger partial charge in [0.05, 0.1) is 18.2 Å². The van der Waals surface area contributed by atoms with E-state index in [4.69, 9.17) is 4.52 Å². The largest absolute Gasteiger partial charge is 0.334 e. The Morgan fingerprint density at radius 2 is 1.74 bits per heavy atom. The molecule has 1 aromatic heterocycles. The summed E-state index contributed by atoms with van der Waals surface area (Å²) in [5.74, 6) is -0.296. The van der Waals surface area contributed by atoms with Gasteiger partial charge in [-0.3, -0.25) is 4.90 Å². The van der Waals surface area contributed by atoms with Gasteiger partial charge >= 0.3 is 6.03 Å². The lowest BCUT2D eigenvalue weighted by Gasteiger charge is -2.35. The van der Waals surface area contributed by atoms with Gasteiger partial charge in [-0.2, -0.15) is 4.98 Å². The second-order valence-corrected chi connectivity index (χ2v) is 7.94. The van der Waals surface area contributed by atoms with Crippen molar-refractivity contribution in [3.05, 3.63) is 113 Å². The van der Waals surface area contributed by atoms with Crippen molar-refractivity contribution in [2.24, 2.45) is 0 Å². The first-order valence-electron chi connectivity index (χ1n) is 10.7. The van der Waals surface area contributed by atoms with Crippen molar-refractivity contribution in [3.8, 4) is 11.4 Å². The minimum Gasteiger partial charge on any atom is -0.334 e. The van der Waals surface area contributed by atoms with Crippen LogP contribution in [-0.4, -0.2) is 21.1 Å². The van der Waals surface area contributed by atoms with Crippen LogP contribution in [0.2, 0.25) is 0 Å². The van der Waals surface area contributed by atoms with Crippen molar-refractivity contribution in [1.82, 2.24) is 20.4 Å². The fourth-order valence-electron chi connectivity index (χ4n) is 3.99. The Bertz CT molecular complexity index is 1370. The summed E-state index contributed by atoms with van der Waals surface area (Å²) < 4.78 is 32.7. The predicted octanol–water partition coefficient (Wildman–Crippen LogP) is 5.71. The number of carbonyl (C=O) groups is 1. The molecule has 0 radical (unpaired) electrons. The third kappa shape index (κ3) is 4.17. The number of hydrogen-bond acceptors (Lipinski definition) is 4. The third-order valence-corrected chi connectivity index (χ3v) is 5.72. The van der Waals surface area contributed by atoms with Crippen molar-refractivity contribution in [2.45, 2.75) is 19.5 Å². The Kier molecular flexibility index (Phi) is 5.63. The van der Waals surface area contributed by atoms with Crippen LogP contribution >= 0.6 is 0 Å². The van der Waals surface area contributed by atoms with Gasteiger partial charge in [0.2, 0.25) is 5.82 Å². The Morgan fingerprint density at radius 1 is 0.971 bits per heavy atom. The SMILES string of the molecule is CC1=C(c2nc(-c3cccc(F)c3)no2)C(c2ccccc2)NC(=O)N1Cc1ccc(F)cc1. The summed E-state index contributed by atoms with van der Waals surface area (Å²) in [5, 5.41) is 7.06. The summed E-state index contributed by atoms with van der Waals surface area (Å²) in [6.07, 6.45) is 0. The van der Waals surface area contributed by atoms with Gasteiger partial charge in [-0.05, 0) is 42.3 Å². The van der Waals surface area contributed by atoms with Crippen LogP contribution < -0.4 is 5.32 Å². The lowest BCUT2D eigenvalue weighted by molar-refractivity contribution is 0.203. The maximum absolute atomic E-state index is 13.7. The van der Waals surface area contributed by atoms with Gasteiger partial charge in [0.25, 0.3) is 5.89 Å². The normalized spacial score (nSPS) is 16.0. The molecule has 5 rings (SSSR count). The zero-order valence-electron chi connectivity index (χ0n) is 18.2. The smallest absolute Gasteiger partial charge is 0.322 e. The molecule has 0 aliphatic carbocycles. The zero-order chi connectivity index (χ0) is 23.7. The first-order chi connectivity index (χ1) is 16.5. The maximum atomic E-state index is 13.7. The highest BCUT2D eigenvalue weighted by atomic mass is 19.1. The Balaban J connectivity index is 1.59. The molecule has 6 nitrogen and oxygen atoms in total. The first kappa shape index (κ1) is 21.5. The van der Waals surface area contributed by atoms with E-state index in [9.17, 15) is 13.6 Å². The van der Waals surface area contributed by atoms with E-state index in [1.165, 1.54) is 24.3 Å². The molecule has 2 heterocycles. The molecule has 1 atom stereocenters. The number of nitrogens with one attached hydrogen (secondary N) is 1. The molecule has 1 aliphatic rings. The van der Waals surface area contributed by atoms with Crippen LogP contribution in [-0.2, 0) is 6.54 Å². The zero-order valence-corrected chi connectivity index (χ0v) is 18.2. The quantitative estimate of drug-likeness (QED) is 0.416. The summed E-state index contributed by atoms with van der Waals surface area (Å²) >= 11 is 0. The average Bonchev–Trinajstić information content (AvgIpc) is 3.33. The molecule has 0 spiro atoms.